The lowest BCUT2D eigenvalue weighted by Gasteiger charge is -2.12. The maximum Gasteiger partial charge on any atom is 0.170 e. The van der Waals surface area contributed by atoms with Gasteiger partial charge in [0.25, 0.3) is 0 Å². The van der Waals surface area contributed by atoms with Crippen LogP contribution in [0.5, 0.6) is 0 Å². The Labute approximate surface area is 86.4 Å². The van der Waals surface area contributed by atoms with E-state index >= 15 is 0 Å². The SMILES string of the molecule is Cc1cc(C(O)C(O)C#N)cnc1Cl. The van der Waals surface area contributed by atoms with E-state index in [1.807, 2.05) is 0 Å². The van der Waals surface area contributed by atoms with Crippen molar-refractivity contribution in [1.82, 2.24) is 4.98 Å². The van der Waals surface area contributed by atoms with Crippen LogP contribution in [0, 0.1) is 18.3 Å². The average Bonchev–Trinajstić information content (AvgIpc) is 2.20. The van der Waals surface area contributed by atoms with Crippen LogP contribution < -0.4 is 0 Å². The molecule has 0 aliphatic heterocycles. The molecule has 0 bridgehead atoms. The van der Waals surface area contributed by atoms with Crippen molar-refractivity contribution in [2.45, 2.75) is 19.1 Å². The molecule has 1 rings (SSSR count). The zero-order valence-corrected chi connectivity index (χ0v) is 8.23. The number of aryl methyl sites for hydroxylation is 1. The van der Waals surface area contributed by atoms with Gasteiger partial charge in [0.05, 0.1) is 6.07 Å². The van der Waals surface area contributed by atoms with Crippen molar-refractivity contribution in [3.63, 3.8) is 0 Å². The molecule has 1 aromatic heterocycles. The Morgan fingerprint density at radius 1 is 1.57 bits per heavy atom. The van der Waals surface area contributed by atoms with Gasteiger partial charge in [-0.2, -0.15) is 5.26 Å². The molecule has 5 heteroatoms. The third-order valence-electron chi connectivity index (χ3n) is 1.81. The lowest BCUT2D eigenvalue weighted by molar-refractivity contribution is 0.0525. The first-order chi connectivity index (χ1) is 6.56. The first-order valence-corrected chi connectivity index (χ1v) is 4.32. The quantitative estimate of drug-likeness (QED) is 0.566. The van der Waals surface area contributed by atoms with E-state index in [2.05, 4.69) is 4.98 Å². The van der Waals surface area contributed by atoms with Gasteiger partial charge in [0.1, 0.15) is 11.3 Å². The van der Waals surface area contributed by atoms with Crippen molar-refractivity contribution in [2.24, 2.45) is 0 Å². The highest BCUT2D eigenvalue weighted by Crippen LogP contribution is 2.20. The number of aromatic nitrogens is 1. The molecular formula is C9H9ClN2O2. The van der Waals surface area contributed by atoms with Gasteiger partial charge in [-0.25, -0.2) is 4.98 Å². The number of rotatable bonds is 2. The van der Waals surface area contributed by atoms with Crippen molar-refractivity contribution in [3.8, 4) is 6.07 Å². The van der Waals surface area contributed by atoms with Gasteiger partial charge in [-0.3, -0.25) is 0 Å². The fourth-order valence-electron chi connectivity index (χ4n) is 0.994. The van der Waals surface area contributed by atoms with Crippen LogP contribution in [0.1, 0.15) is 17.2 Å². The topological polar surface area (TPSA) is 77.1 Å². The highest BCUT2D eigenvalue weighted by atomic mass is 35.5. The molecule has 0 spiro atoms. The predicted octanol–water partition coefficient (Wildman–Crippen LogP) is 0.961. The van der Waals surface area contributed by atoms with E-state index in [1.54, 1.807) is 19.1 Å². The lowest BCUT2D eigenvalue weighted by atomic mass is 10.1. The van der Waals surface area contributed by atoms with E-state index in [4.69, 9.17) is 22.0 Å². The number of hydrogen-bond donors (Lipinski definition) is 2. The third kappa shape index (κ3) is 2.20. The average molecular weight is 213 g/mol. The first kappa shape index (κ1) is 10.9. The summed E-state index contributed by atoms with van der Waals surface area (Å²) in [7, 11) is 0. The van der Waals surface area contributed by atoms with Crippen LogP contribution in [-0.2, 0) is 0 Å². The Balaban J connectivity index is 2.98. The fourth-order valence-corrected chi connectivity index (χ4v) is 1.10. The largest absolute Gasteiger partial charge is 0.384 e. The standard InChI is InChI=1S/C9H9ClN2O2/c1-5-2-6(4-12-9(5)10)8(14)7(13)3-11/h2,4,7-8,13-14H,1H3. The van der Waals surface area contributed by atoms with E-state index in [9.17, 15) is 5.11 Å². The fraction of sp³-hybridized carbons (Fsp3) is 0.333. The number of nitriles is 1. The molecule has 0 aromatic carbocycles. The van der Waals surface area contributed by atoms with E-state index in [0.717, 1.165) is 0 Å². The van der Waals surface area contributed by atoms with Crippen LogP contribution in [-0.4, -0.2) is 21.3 Å². The summed E-state index contributed by atoms with van der Waals surface area (Å²) in [5, 5.41) is 27.2. The zero-order chi connectivity index (χ0) is 10.7. The number of hydrogen-bond acceptors (Lipinski definition) is 4. The summed E-state index contributed by atoms with van der Waals surface area (Å²) < 4.78 is 0. The highest BCUT2D eigenvalue weighted by Gasteiger charge is 2.18. The maximum absolute atomic E-state index is 9.45. The second kappa shape index (κ2) is 4.38. The van der Waals surface area contributed by atoms with Crippen LogP contribution in [0.3, 0.4) is 0 Å². The minimum absolute atomic E-state index is 0.340. The summed E-state index contributed by atoms with van der Waals surface area (Å²) >= 11 is 5.68. The number of pyridine rings is 1. The Hall–Kier alpha value is -1.15. The van der Waals surface area contributed by atoms with Crippen molar-refractivity contribution < 1.29 is 10.2 Å². The van der Waals surface area contributed by atoms with Crippen LogP contribution in [0.4, 0.5) is 0 Å². The summed E-state index contributed by atoms with van der Waals surface area (Å²) in [5.74, 6) is 0. The number of aliphatic hydroxyl groups is 2. The van der Waals surface area contributed by atoms with Gasteiger partial charge in [-0.05, 0) is 18.6 Å². The molecule has 2 atom stereocenters. The molecule has 0 saturated heterocycles. The van der Waals surface area contributed by atoms with Gasteiger partial charge in [0.2, 0.25) is 0 Å². The molecule has 14 heavy (non-hydrogen) atoms. The smallest absolute Gasteiger partial charge is 0.170 e. The maximum atomic E-state index is 9.45. The van der Waals surface area contributed by atoms with Crippen molar-refractivity contribution >= 4 is 11.6 Å². The lowest BCUT2D eigenvalue weighted by Crippen LogP contribution is -2.16. The third-order valence-corrected chi connectivity index (χ3v) is 2.20. The van der Waals surface area contributed by atoms with Crippen LogP contribution in [0.2, 0.25) is 5.15 Å². The normalized spacial score (nSPS) is 14.5. The summed E-state index contributed by atoms with van der Waals surface area (Å²) in [6.07, 6.45) is -1.36. The molecule has 0 aliphatic rings. The summed E-state index contributed by atoms with van der Waals surface area (Å²) in [6, 6.07) is 3.13. The van der Waals surface area contributed by atoms with Crippen LogP contribution in [0.25, 0.3) is 0 Å². The minimum atomic E-state index is -1.45. The van der Waals surface area contributed by atoms with Gasteiger partial charge < -0.3 is 10.2 Å². The van der Waals surface area contributed by atoms with Gasteiger partial charge >= 0.3 is 0 Å². The number of nitrogens with zero attached hydrogens (tertiary/aromatic N) is 2. The highest BCUT2D eigenvalue weighted by molar-refractivity contribution is 6.30. The molecule has 2 N–H and O–H groups in total. The zero-order valence-electron chi connectivity index (χ0n) is 7.48. The van der Waals surface area contributed by atoms with Crippen molar-refractivity contribution in [2.75, 3.05) is 0 Å². The van der Waals surface area contributed by atoms with Gasteiger partial charge in [-0.1, -0.05) is 11.6 Å². The molecule has 1 heterocycles. The summed E-state index contributed by atoms with van der Waals surface area (Å²) in [6.45, 7) is 1.73. The predicted molar refractivity (Wildman–Crippen MR) is 50.6 cm³/mol. The van der Waals surface area contributed by atoms with Crippen molar-refractivity contribution in [1.29, 1.82) is 5.26 Å². The van der Waals surface area contributed by atoms with E-state index in [0.29, 0.717) is 16.3 Å². The van der Waals surface area contributed by atoms with Crippen LogP contribution in [0.15, 0.2) is 12.3 Å². The Bertz CT molecular complexity index is 376. The second-order valence-electron chi connectivity index (χ2n) is 2.90. The Morgan fingerprint density at radius 2 is 2.21 bits per heavy atom. The molecule has 0 aliphatic carbocycles. The monoisotopic (exact) mass is 212 g/mol. The molecule has 0 radical (unpaired) electrons. The molecular weight excluding hydrogens is 204 g/mol. The molecule has 74 valence electrons. The van der Waals surface area contributed by atoms with Gasteiger partial charge in [-0.15, -0.1) is 0 Å². The second-order valence-corrected chi connectivity index (χ2v) is 3.25. The molecule has 1 aromatic rings. The van der Waals surface area contributed by atoms with Crippen LogP contribution >= 0.6 is 11.6 Å². The van der Waals surface area contributed by atoms with E-state index < -0.39 is 12.2 Å². The molecule has 0 saturated carbocycles. The molecule has 4 nitrogen and oxygen atoms in total. The number of halogens is 1. The van der Waals surface area contributed by atoms with E-state index in [-0.39, 0.29) is 0 Å². The summed E-state index contributed by atoms with van der Waals surface area (Å²) in [4.78, 5) is 3.80. The first-order valence-electron chi connectivity index (χ1n) is 3.94. The van der Waals surface area contributed by atoms with Gasteiger partial charge in [0.15, 0.2) is 6.10 Å². The molecule has 0 fully saturated rings. The summed E-state index contributed by atoms with van der Waals surface area (Å²) in [5.41, 5.74) is 1.06. The molecule has 0 amide bonds. The van der Waals surface area contributed by atoms with E-state index in [1.165, 1.54) is 6.20 Å². The number of aliphatic hydroxyl groups excluding tert-OH is 2. The Morgan fingerprint density at radius 3 is 2.71 bits per heavy atom. The minimum Gasteiger partial charge on any atom is -0.384 e. The van der Waals surface area contributed by atoms with Gasteiger partial charge in [0, 0.05) is 11.8 Å². The molecule has 2 unspecified atom stereocenters. The van der Waals surface area contributed by atoms with Crippen molar-refractivity contribution in [3.05, 3.63) is 28.5 Å². The Kier molecular flexibility index (Phi) is 3.42.